The van der Waals surface area contributed by atoms with Gasteiger partial charge in [0.05, 0.1) is 29.4 Å². The number of hydrogen-bond donors (Lipinski definition) is 2. The number of sulfone groups is 1. The molecule has 242 valence electrons. The van der Waals surface area contributed by atoms with Crippen molar-refractivity contribution in [3.63, 3.8) is 0 Å². The first-order chi connectivity index (χ1) is 22.6. The molecule has 2 aliphatic heterocycles. The van der Waals surface area contributed by atoms with Crippen LogP contribution < -0.4 is 15.8 Å². The molecule has 0 atom stereocenters. The number of aliphatic hydroxyl groups excluding tert-OH is 1. The van der Waals surface area contributed by atoms with Gasteiger partial charge < -0.3 is 24.8 Å². The molecule has 4 aromatic rings. The number of nitrogens with zero attached hydrogens (tertiary/aromatic N) is 4. The van der Waals surface area contributed by atoms with Crippen LogP contribution in [0.25, 0.3) is 11.1 Å². The fourth-order valence-electron chi connectivity index (χ4n) is 6.45. The van der Waals surface area contributed by atoms with Crippen LogP contribution in [-0.4, -0.2) is 70.9 Å². The minimum Gasteiger partial charge on any atom is -0.392 e. The predicted molar refractivity (Wildman–Crippen MR) is 179 cm³/mol. The van der Waals surface area contributed by atoms with Crippen LogP contribution in [-0.2, 0) is 29.9 Å². The zero-order chi connectivity index (χ0) is 32.9. The lowest BCUT2D eigenvalue weighted by Crippen LogP contribution is -2.43. The smallest absolute Gasteiger partial charge is 0.274 e. The van der Waals surface area contributed by atoms with E-state index >= 15 is 0 Å². The molecule has 4 heterocycles. The van der Waals surface area contributed by atoms with Gasteiger partial charge in [-0.1, -0.05) is 24.3 Å². The van der Waals surface area contributed by atoms with Gasteiger partial charge in [0.1, 0.15) is 11.5 Å². The first-order valence-corrected chi connectivity index (χ1v) is 17.6. The fraction of sp³-hybridized carbons (Fsp3) is 0.314. The van der Waals surface area contributed by atoms with Crippen LogP contribution >= 0.6 is 0 Å². The Morgan fingerprint density at radius 2 is 1.79 bits per heavy atom. The van der Waals surface area contributed by atoms with E-state index in [0.29, 0.717) is 51.8 Å². The molecule has 2 fully saturated rings. The summed E-state index contributed by atoms with van der Waals surface area (Å²) in [5.41, 5.74) is 5.86. The molecule has 1 aliphatic carbocycles. The summed E-state index contributed by atoms with van der Waals surface area (Å²) >= 11 is 0. The second-order valence-corrected chi connectivity index (χ2v) is 14.7. The molecule has 0 radical (unpaired) electrons. The second-order valence-electron chi connectivity index (χ2n) is 12.4. The summed E-state index contributed by atoms with van der Waals surface area (Å²) in [6.07, 6.45) is 6.21. The molecule has 2 N–H and O–H groups in total. The lowest BCUT2D eigenvalue weighted by molar-refractivity contribution is 0.0769. The van der Waals surface area contributed by atoms with Gasteiger partial charge in [-0.25, -0.2) is 13.4 Å². The maximum atomic E-state index is 13.7. The number of pyridine rings is 2. The average molecular weight is 654 g/mol. The van der Waals surface area contributed by atoms with E-state index in [9.17, 15) is 27.9 Å². The molecular weight excluding hydrogens is 618 g/mol. The van der Waals surface area contributed by atoms with Gasteiger partial charge in [0.15, 0.2) is 9.84 Å². The largest absolute Gasteiger partial charge is 0.392 e. The molecule has 0 bridgehead atoms. The Labute approximate surface area is 272 Å². The molecule has 0 unspecified atom stereocenters. The number of rotatable bonds is 7. The molecule has 7 rings (SSSR count). The van der Waals surface area contributed by atoms with Gasteiger partial charge in [-0.15, -0.1) is 0 Å². The van der Waals surface area contributed by atoms with Gasteiger partial charge in [0.2, 0.25) is 0 Å². The third-order valence-corrected chi connectivity index (χ3v) is 10.9. The van der Waals surface area contributed by atoms with E-state index in [4.69, 9.17) is 0 Å². The zero-order valence-corrected chi connectivity index (χ0v) is 26.8. The predicted octanol–water partition coefficient (Wildman–Crippen LogP) is 3.63. The van der Waals surface area contributed by atoms with E-state index in [0.717, 1.165) is 12.0 Å². The molecule has 2 aromatic heterocycles. The molecule has 1 saturated heterocycles. The van der Waals surface area contributed by atoms with Gasteiger partial charge in [0, 0.05) is 55.8 Å². The van der Waals surface area contributed by atoms with Crippen LogP contribution in [0.15, 0.2) is 71.8 Å². The summed E-state index contributed by atoms with van der Waals surface area (Å²) in [6, 6.07) is 16.6. The molecule has 1 saturated carbocycles. The maximum absolute atomic E-state index is 13.7. The molecule has 11 nitrogen and oxygen atoms in total. The van der Waals surface area contributed by atoms with Crippen molar-refractivity contribution >= 4 is 38.8 Å². The Kier molecular flexibility index (Phi) is 7.93. The van der Waals surface area contributed by atoms with Gasteiger partial charge in [-0.3, -0.25) is 14.4 Å². The fourth-order valence-corrected chi connectivity index (χ4v) is 7.65. The number of amides is 2. The highest BCUT2D eigenvalue weighted by molar-refractivity contribution is 7.91. The first-order valence-electron chi connectivity index (χ1n) is 15.7. The number of benzene rings is 2. The summed E-state index contributed by atoms with van der Waals surface area (Å²) in [7, 11) is -1.48. The third kappa shape index (κ3) is 6.06. The van der Waals surface area contributed by atoms with Crippen LogP contribution in [0.1, 0.15) is 56.2 Å². The van der Waals surface area contributed by atoms with Gasteiger partial charge in [-0.05, 0) is 72.2 Å². The van der Waals surface area contributed by atoms with E-state index in [-0.39, 0.29) is 54.3 Å². The van der Waals surface area contributed by atoms with E-state index in [1.165, 1.54) is 34.1 Å². The summed E-state index contributed by atoms with van der Waals surface area (Å²) in [5.74, 6) is 0.441. The van der Waals surface area contributed by atoms with E-state index in [1.54, 1.807) is 36.3 Å². The van der Waals surface area contributed by atoms with Crippen LogP contribution in [0.4, 0.5) is 17.2 Å². The van der Waals surface area contributed by atoms with Crippen LogP contribution in [0.2, 0.25) is 0 Å². The Morgan fingerprint density at radius 1 is 1.00 bits per heavy atom. The molecule has 47 heavy (non-hydrogen) atoms. The van der Waals surface area contributed by atoms with Crippen molar-refractivity contribution in [2.75, 3.05) is 41.4 Å². The van der Waals surface area contributed by atoms with Crippen LogP contribution in [0.3, 0.4) is 0 Å². The molecule has 0 spiro atoms. The van der Waals surface area contributed by atoms with Crippen LogP contribution in [0.5, 0.6) is 0 Å². The number of aromatic nitrogens is 2. The van der Waals surface area contributed by atoms with Crippen molar-refractivity contribution in [1.29, 1.82) is 0 Å². The normalized spacial score (nSPS) is 17.4. The number of nitrogens with one attached hydrogen (secondary N) is 1. The highest BCUT2D eigenvalue weighted by Gasteiger charge is 2.31. The highest BCUT2D eigenvalue weighted by atomic mass is 32.2. The lowest BCUT2D eigenvalue weighted by Gasteiger charge is -2.31. The van der Waals surface area contributed by atoms with Crippen molar-refractivity contribution in [2.24, 2.45) is 7.05 Å². The molecule has 3 aliphatic rings. The number of aliphatic hydroxyl groups is 1. The Balaban J connectivity index is 1.14. The van der Waals surface area contributed by atoms with Crippen molar-refractivity contribution in [2.45, 2.75) is 31.8 Å². The molecule has 2 aromatic carbocycles. The monoisotopic (exact) mass is 653 g/mol. The Morgan fingerprint density at radius 3 is 2.49 bits per heavy atom. The summed E-state index contributed by atoms with van der Waals surface area (Å²) < 4.78 is 24.9. The molecule has 2 amide bonds. The van der Waals surface area contributed by atoms with E-state index < -0.39 is 9.84 Å². The molecular formula is C35H35N5O6S. The van der Waals surface area contributed by atoms with E-state index in [2.05, 4.69) is 22.4 Å². The standard InChI is InChI=1S/C35H35N5O6S/c1-38-20-26(18-30(35(38)44)37-32-10-8-25(19-36-32)33(42)39-13-15-47(45,46)16-14-39)27-3-2-4-31(29(27)21-41)40-12-11-24-17-23(22-5-6-22)7-9-28(24)34(40)43/h2-4,7-10,17-20,22,41H,5-6,11-16,21H2,1H3,(H,36,37). The van der Waals surface area contributed by atoms with Crippen molar-refractivity contribution in [3.8, 4) is 11.1 Å². The lowest BCUT2D eigenvalue weighted by atomic mass is 9.93. The summed E-state index contributed by atoms with van der Waals surface area (Å²) in [4.78, 5) is 47.3. The minimum absolute atomic E-state index is 0.0598. The number of hydrogen-bond acceptors (Lipinski definition) is 8. The van der Waals surface area contributed by atoms with Gasteiger partial charge in [-0.2, -0.15) is 0 Å². The van der Waals surface area contributed by atoms with E-state index in [1.807, 2.05) is 24.3 Å². The number of carbonyl (C=O) groups is 2. The van der Waals surface area contributed by atoms with Crippen LogP contribution in [0, 0.1) is 0 Å². The van der Waals surface area contributed by atoms with Crippen molar-refractivity contribution in [3.05, 3.63) is 105 Å². The minimum atomic E-state index is -3.11. The quantitative estimate of drug-likeness (QED) is 0.308. The zero-order valence-electron chi connectivity index (χ0n) is 26.0. The summed E-state index contributed by atoms with van der Waals surface area (Å²) in [6.45, 7) is 0.467. The van der Waals surface area contributed by atoms with Crippen molar-refractivity contribution < 1.29 is 23.1 Å². The average Bonchev–Trinajstić information content (AvgIpc) is 3.92. The Hall–Kier alpha value is -4.81. The number of anilines is 3. The van der Waals surface area contributed by atoms with Gasteiger partial charge in [0.25, 0.3) is 17.4 Å². The number of aryl methyl sites for hydroxylation is 1. The Bertz CT molecular complexity index is 2060. The van der Waals surface area contributed by atoms with Crippen molar-refractivity contribution in [1.82, 2.24) is 14.5 Å². The van der Waals surface area contributed by atoms with Gasteiger partial charge >= 0.3 is 0 Å². The maximum Gasteiger partial charge on any atom is 0.274 e. The molecule has 12 heteroatoms. The second kappa shape index (κ2) is 12.1. The summed E-state index contributed by atoms with van der Waals surface area (Å²) in [5, 5.41) is 13.7. The highest BCUT2D eigenvalue weighted by Crippen LogP contribution is 2.41. The number of fused-ring (bicyclic) bond motifs is 1. The SMILES string of the molecule is Cn1cc(-c2cccc(N3CCc4cc(C5CC5)ccc4C3=O)c2CO)cc(Nc2ccc(C(=O)N3CCS(=O)(=O)CC3)cn2)c1=O. The third-order valence-electron chi connectivity index (χ3n) is 9.26. The number of carbonyl (C=O) groups excluding carboxylic acids is 2. The topological polar surface area (TPSA) is 142 Å². The first kappa shape index (κ1) is 30.8.